The molecule has 202 valence electrons. The number of aromatic carboxylic acids is 1. The van der Waals surface area contributed by atoms with Gasteiger partial charge in [0.1, 0.15) is 16.7 Å². The van der Waals surface area contributed by atoms with E-state index in [2.05, 4.69) is 4.98 Å². The molecule has 2 aromatic heterocycles. The molecule has 0 aliphatic carbocycles. The molecule has 0 saturated heterocycles. The Morgan fingerprint density at radius 3 is 2.13 bits per heavy atom. The molecule has 0 bridgehead atoms. The lowest BCUT2D eigenvalue weighted by Gasteiger charge is -2.24. The van der Waals surface area contributed by atoms with Crippen molar-refractivity contribution in [2.24, 2.45) is 0 Å². The normalized spacial score (nSPS) is 12.3. The van der Waals surface area contributed by atoms with Gasteiger partial charge in [-0.15, -0.1) is 0 Å². The Morgan fingerprint density at radius 1 is 0.868 bits per heavy atom. The zero-order valence-corrected chi connectivity index (χ0v) is 21.2. The first-order chi connectivity index (χ1) is 17.8. The van der Waals surface area contributed by atoms with E-state index >= 15 is 0 Å². The Hall–Kier alpha value is -3.79. The summed E-state index contributed by atoms with van der Waals surface area (Å²) in [7, 11) is -8.40. The minimum Gasteiger partial charge on any atom is -0.478 e. The fourth-order valence-electron chi connectivity index (χ4n) is 3.87. The maximum atomic E-state index is 12.8. The summed E-state index contributed by atoms with van der Waals surface area (Å²) in [5.41, 5.74) is 0.441. The van der Waals surface area contributed by atoms with Gasteiger partial charge in [0, 0.05) is 30.2 Å². The summed E-state index contributed by atoms with van der Waals surface area (Å²) in [6, 6.07) is 10.4. The molecule has 0 aliphatic rings. The second-order valence-electron chi connectivity index (χ2n) is 8.44. The molecule has 0 aliphatic heterocycles. The van der Waals surface area contributed by atoms with Crippen molar-refractivity contribution in [1.82, 2.24) is 4.98 Å². The Balaban J connectivity index is 1.65. The number of carbonyl (C=O) groups is 1. The fraction of sp³-hybridized carbons (Fsp3) is 0.261. The van der Waals surface area contributed by atoms with Crippen LogP contribution in [-0.4, -0.2) is 66.6 Å². The van der Waals surface area contributed by atoms with Gasteiger partial charge in [-0.1, -0.05) is 0 Å². The van der Waals surface area contributed by atoms with Gasteiger partial charge in [0.15, 0.2) is 5.58 Å². The molecule has 4 rings (SSSR count). The van der Waals surface area contributed by atoms with Gasteiger partial charge in [-0.2, -0.15) is 16.8 Å². The number of hydrogen-bond donors (Lipinski definition) is 3. The second kappa shape index (κ2) is 10.5. The molecular weight excluding hydrogens is 544 g/mol. The van der Waals surface area contributed by atoms with Crippen LogP contribution in [0.1, 0.15) is 23.2 Å². The van der Waals surface area contributed by atoms with E-state index in [9.17, 15) is 26.4 Å². The number of rotatable bonds is 11. The lowest BCUT2D eigenvalue weighted by molar-refractivity contribution is 0.0697. The highest BCUT2D eigenvalue weighted by molar-refractivity contribution is 7.86. The van der Waals surface area contributed by atoms with Gasteiger partial charge >= 0.3 is 11.6 Å². The van der Waals surface area contributed by atoms with Crippen LogP contribution < -0.4 is 10.5 Å². The van der Waals surface area contributed by atoms with Crippen LogP contribution in [0.4, 0.5) is 5.69 Å². The summed E-state index contributed by atoms with van der Waals surface area (Å²) in [5, 5.41) is 9.65. The number of anilines is 1. The first-order valence-electron chi connectivity index (χ1n) is 11.2. The molecule has 0 atom stereocenters. The Morgan fingerprint density at radius 2 is 1.53 bits per heavy atom. The lowest BCUT2D eigenvalue weighted by atomic mass is 10.1. The van der Waals surface area contributed by atoms with Gasteiger partial charge in [0.25, 0.3) is 20.2 Å². The van der Waals surface area contributed by atoms with Gasteiger partial charge in [0.05, 0.1) is 17.1 Å². The van der Waals surface area contributed by atoms with Crippen LogP contribution in [0.25, 0.3) is 33.5 Å². The van der Waals surface area contributed by atoms with Gasteiger partial charge in [-0.3, -0.25) is 9.11 Å². The molecule has 0 amide bonds. The van der Waals surface area contributed by atoms with Crippen LogP contribution in [0.15, 0.2) is 56.1 Å². The van der Waals surface area contributed by atoms with Crippen LogP contribution in [0.5, 0.6) is 0 Å². The molecule has 0 saturated carbocycles. The average molecular weight is 567 g/mol. The van der Waals surface area contributed by atoms with Crippen molar-refractivity contribution in [3.8, 4) is 11.5 Å². The highest BCUT2D eigenvalue weighted by Crippen LogP contribution is 2.28. The van der Waals surface area contributed by atoms with E-state index in [1.165, 1.54) is 30.3 Å². The summed E-state index contributed by atoms with van der Waals surface area (Å²) in [4.78, 5) is 29.8. The summed E-state index contributed by atoms with van der Waals surface area (Å²) >= 11 is 0. The molecule has 0 unspecified atom stereocenters. The summed E-state index contributed by atoms with van der Waals surface area (Å²) in [5.74, 6) is -2.21. The van der Waals surface area contributed by atoms with E-state index in [1.807, 2.05) is 0 Å². The van der Waals surface area contributed by atoms with Crippen molar-refractivity contribution in [3.63, 3.8) is 0 Å². The molecule has 0 fully saturated rings. The lowest BCUT2D eigenvalue weighted by Crippen LogP contribution is -2.28. The molecule has 0 spiro atoms. The van der Waals surface area contributed by atoms with E-state index in [0.29, 0.717) is 11.1 Å². The minimum atomic E-state index is -4.20. The third kappa shape index (κ3) is 6.74. The summed E-state index contributed by atoms with van der Waals surface area (Å²) in [6.45, 7) is 0.251. The number of carboxylic acid groups (broad SMARTS) is 1. The molecule has 13 nitrogen and oxygen atoms in total. The molecule has 2 aromatic carbocycles. The zero-order chi connectivity index (χ0) is 27.7. The van der Waals surface area contributed by atoms with Crippen LogP contribution in [0.2, 0.25) is 0 Å². The molecule has 38 heavy (non-hydrogen) atoms. The van der Waals surface area contributed by atoms with Crippen LogP contribution >= 0.6 is 0 Å². The van der Waals surface area contributed by atoms with E-state index in [4.69, 9.17) is 23.0 Å². The quantitative estimate of drug-likeness (QED) is 0.176. The first kappa shape index (κ1) is 27.3. The Kier molecular flexibility index (Phi) is 7.55. The van der Waals surface area contributed by atoms with Gasteiger partial charge < -0.3 is 18.8 Å². The Labute approximate surface area is 215 Å². The summed E-state index contributed by atoms with van der Waals surface area (Å²) in [6.07, 6.45) is 0.0693. The maximum absolute atomic E-state index is 12.8. The third-order valence-electron chi connectivity index (χ3n) is 5.61. The monoisotopic (exact) mass is 566 g/mol. The van der Waals surface area contributed by atoms with Crippen molar-refractivity contribution < 1.29 is 44.7 Å². The average Bonchev–Trinajstić information content (AvgIpc) is 3.24. The van der Waals surface area contributed by atoms with Crippen LogP contribution in [0.3, 0.4) is 0 Å². The number of nitrogens with zero attached hydrogens (tertiary/aromatic N) is 2. The number of carboxylic acids is 1. The van der Waals surface area contributed by atoms with Crippen molar-refractivity contribution in [1.29, 1.82) is 0 Å². The molecule has 15 heteroatoms. The predicted molar refractivity (Wildman–Crippen MR) is 137 cm³/mol. The van der Waals surface area contributed by atoms with Gasteiger partial charge in [0.2, 0.25) is 5.89 Å². The second-order valence-corrected chi connectivity index (χ2v) is 11.6. The number of hydrogen-bond acceptors (Lipinski definition) is 10. The van der Waals surface area contributed by atoms with E-state index in [0.717, 1.165) is 0 Å². The predicted octanol–water partition coefficient (Wildman–Crippen LogP) is 2.66. The van der Waals surface area contributed by atoms with Crippen molar-refractivity contribution in [3.05, 3.63) is 58.4 Å². The smallest absolute Gasteiger partial charge is 0.349 e. The van der Waals surface area contributed by atoms with Crippen LogP contribution in [0, 0.1) is 0 Å². The SMILES string of the molecule is O=C(O)c1ccc2oc(-c3cc4ccc(N(CCCS(=O)(=O)O)CCCS(=O)(=O)O)cc4oc3=O)nc2c1. The van der Waals surface area contributed by atoms with E-state index in [-0.39, 0.29) is 59.6 Å². The third-order valence-corrected chi connectivity index (χ3v) is 7.22. The van der Waals surface area contributed by atoms with E-state index in [1.54, 1.807) is 17.0 Å². The number of aromatic nitrogens is 1. The Bertz CT molecular complexity index is 1750. The largest absolute Gasteiger partial charge is 0.478 e. The summed E-state index contributed by atoms with van der Waals surface area (Å²) < 4.78 is 73.5. The molecular formula is C23H22N2O11S2. The van der Waals surface area contributed by atoms with E-state index < -0.39 is 43.3 Å². The van der Waals surface area contributed by atoms with Crippen molar-refractivity contribution >= 4 is 54.0 Å². The molecule has 0 radical (unpaired) electrons. The molecule has 3 N–H and O–H groups in total. The maximum Gasteiger partial charge on any atom is 0.349 e. The number of benzene rings is 2. The highest BCUT2D eigenvalue weighted by atomic mass is 32.2. The molecule has 4 aromatic rings. The van der Waals surface area contributed by atoms with Crippen molar-refractivity contribution in [2.75, 3.05) is 29.5 Å². The fourth-order valence-corrected chi connectivity index (χ4v) is 4.85. The topological polar surface area (TPSA) is 206 Å². The van der Waals surface area contributed by atoms with Crippen LogP contribution in [-0.2, 0) is 20.2 Å². The zero-order valence-electron chi connectivity index (χ0n) is 19.6. The number of oxazole rings is 1. The number of fused-ring (bicyclic) bond motifs is 2. The highest BCUT2D eigenvalue weighted by Gasteiger charge is 2.18. The van der Waals surface area contributed by atoms with Gasteiger partial charge in [-0.25, -0.2) is 14.6 Å². The molecule has 2 heterocycles. The standard InChI is InChI=1S/C23H22N2O11S2/c26-22(27)15-4-6-19-18(12-15)24-21(35-19)17-11-14-3-5-16(13-20(14)36-23(17)28)25(7-1-9-37(29,30)31)8-2-10-38(32,33)34/h3-6,11-13H,1-2,7-10H2,(H,26,27)(H,29,30,31)(H,32,33,34). The first-order valence-corrected chi connectivity index (χ1v) is 14.4. The van der Waals surface area contributed by atoms with Gasteiger partial charge in [-0.05, 0) is 49.2 Å². The van der Waals surface area contributed by atoms with Crippen molar-refractivity contribution in [2.45, 2.75) is 12.8 Å². The minimum absolute atomic E-state index is 0.00755.